The summed E-state index contributed by atoms with van der Waals surface area (Å²) in [6, 6.07) is 7.97. The summed E-state index contributed by atoms with van der Waals surface area (Å²) in [6.07, 6.45) is 0.202. The first-order valence-electron chi connectivity index (χ1n) is 4.48. The number of carboxylic acids is 1. The van der Waals surface area contributed by atoms with Crippen LogP contribution in [0.3, 0.4) is 0 Å². The van der Waals surface area contributed by atoms with Crippen LogP contribution in [0.5, 0.6) is 0 Å². The summed E-state index contributed by atoms with van der Waals surface area (Å²) in [6.45, 7) is 0. The molecule has 0 aromatic heterocycles. The van der Waals surface area contributed by atoms with Gasteiger partial charge in [-0.3, -0.25) is 10.0 Å². The molecule has 4 N–H and O–H groups in total. The smallest absolute Gasteiger partial charge is 0.480 e. The summed E-state index contributed by atoms with van der Waals surface area (Å²) in [5.41, 5.74) is 0.818. The number of rotatable bonds is 5. The van der Waals surface area contributed by atoms with Crippen LogP contribution in [0.1, 0.15) is 5.56 Å². The van der Waals surface area contributed by atoms with Gasteiger partial charge in [0.15, 0.2) is 0 Å². The van der Waals surface area contributed by atoms with Crippen molar-refractivity contribution >= 4 is 13.2 Å². The van der Waals surface area contributed by atoms with Gasteiger partial charge in [-0.2, -0.15) is 0 Å². The lowest BCUT2D eigenvalue weighted by atomic mass is 10.0. The van der Waals surface area contributed by atoms with E-state index in [1.165, 1.54) is 0 Å². The molecule has 1 aromatic carbocycles. The predicted molar refractivity (Wildman–Crippen MR) is 54.9 cm³/mol. The topological polar surface area (TPSA) is 89.8 Å². The second kappa shape index (κ2) is 5.50. The lowest BCUT2D eigenvalue weighted by molar-refractivity contribution is -0.139. The van der Waals surface area contributed by atoms with E-state index in [4.69, 9.17) is 15.2 Å². The molecule has 1 aromatic rings. The number of hydrogen-bond donors (Lipinski definition) is 4. The Morgan fingerprint density at radius 2 is 1.93 bits per heavy atom. The van der Waals surface area contributed by atoms with E-state index in [2.05, 4.69) is 5.23 Å². The molecule has 0 unspecified atom stereocenters. The van der Waals surface area contributed by atoms with Crippen molar-refractivity contribution in [2.75, 3.05) is 0 Å². The van der Waals surface area contributed by atoms with Crippen LogP contribution in [-0.4, -0.2) is 34.4 Å². The minimum Gasteiger partial charge on any atom is -0.480 e. The van der Waals surface area contributed by atoms with Gasteiger partial charge in [0.1, 0.15) is 6.04 Å². The van der Waals surface area contributed by atoms with Gasteiger partial charge >= 0.3 is 13.2 Å². The minimum absolute atomic E-state index is 0.202. The van der Waals surface area contributed by atoms with E-state index in [-0.39, 0.29) is 6.42 Å². The summed E-state index contributed by atoms with van der Waals surface area (Å²) < 4.78 is 0. The summed E-state index contributed by atoms with van der Waals surface area (Å²) in [4.78, 5) is 10.8. The van der Waals surface area contributed by atoms with E-state index in [1.54, 1.807) is 24.3 Å². The molecule has 80 valence electrons. The first kappa shape index (κ1) is 11.7. The van der Waals surface area contributed by atoms with Gasteiger partial charge in [0.25, 0.3) is 0 Å². The molecule has 0 aliphatic rings. The van der Waals surface area contributed by atoms with Gasteiger partial charge in [-0.15, -0.1) is 0 Å². The fourth-order valence-electron chi connectivity index (χ4n) is 1.25. The Balaban J connectivity index is 2.63. The van der Waals surface area contributed by atoms with Crippen molar-refractivity contribution < 1.29 is 19.9 Å². The molecule has 1 rings (SSSR count). The Kier molecular flexibility index (Phi) is 4.29. The van der Waals surface area contributed by atoms with E-state index < -0.39 is 19.3 Å². The fourth-order valence-corrected chi connectivity index (χ4v) is 1.25. The highest BCUT2D eigenvalue weighted by Crippen LogP contribution is 2.03. The summed E-state index contributed by atoms with van der Waals surface area (Å²) in [5, 5.41) is 28.2. The Bertz CT molecular complexity index is 317. The van der Waals surface area contributed by atoms with Crippen LogP contribution in [0.25, 0.3) is 0 Å². The highest BCUT2D eigenvalue weighted by Gasteiger charge is 2.22. The number of nitrogens with one attached hydrogen (secondary N) is 1. The van der Waals surface area contributed by atoms with Crippen LogP contribution in [-0.2, 0) is 11.2 Å². The number of hydrogen-bond acceptors (Lipinski definition) is 4. The van der Waals surface area contributed by atoms with E-state index in [9.17, 15) is 4.79 Å². The average molecular weight is 209 g/mol. The number of benzene rings is 1. The van der Waals surface area contributed by atoms with Crippen molar-refractivity contribution in [3.05, 3.63) is 35.9 Å². The normalized spacial score (nSPS) is 12.1. The first-order chi connectivity index (χ1) is 7.09. The second-order valence-electron chi connectivity index (χ2n) is 3.12. The quantitative estimate of drug-likeness (QED) is 0.478. The minimum atomic E-state index is -1.82. The lowest BCUT2D eigenvalue weighted by Crippen LogP contribution is -2.47. The van der Waals surface area contributed by atoms with Crippen LogP contribution < -0.4 is 5.23 Å². The van der Waals surface area contributed by atoms with Crippen molar-refractivity contribution in [3.63, 3.8) is 0 Å². The standard InChI is InChI=1S/C9H12BNO4/c12-9(13)8(11-10(14)15)6-7-4-2-1-3-5-7/h1-5,8,11,14-15H,6H2,(H,12,13)/t8-/m1/s1. The van der Waals surface area contributed by atoms with E-state index in [1.807, 2.05) is 6.07 Å². The maximum Gasteiger partial charge on any atom is 0.549 e. The maximum absolute atomic E-state index is 10.8. The van der Waals surface area contributed by atoms with Gasteiger partial charge < -0.3 is 15.2 Å². The second-order valence-corrected chi connectivity index (χ2v) is 3.12. The third-order valence-electron chi connectivity index (χ3n) is 1.93. The monoisotopic (exact) mass is 209 g/mol. The van der Waals surface area contributed by atoms with E-state index >= 15 is 0 Å². The lowest BCUT2D eigenvalue weighted by Gasteiger charge is -2.13. The van der Waals surface area contributed by atoms with Gasteiger partial charge in [-0.25, -0.2) is 0 Å². The zero-order chi connectivity index (χ0) is 11.3. The summed E-state index contributed by atoms with van der Waals surface area (Å²) in [5.74, 6) is -1.12. The third-order valence-corrected chi connectivity index (χ3v) is 1.93. The van der Waals surface area contributed by atoms with Crippen LogP contribution in [0.4, 0.5) is 0 Å². The van der Waals surface area contributed by atoms with Crippen LogP contribution in [0.2, 0.25) is 0 Å². The average Bonchev–Trinajstić information content (AvgIpc) is 2.17. The Labute approximate surface area is 87.5 Å². The largest absolute Gasteiger partial charge is 0.549 e. The molecule has 1 atom stereocenters. The molecular weight excluding hydrogens is 197 g/mol. The molecule has 0 heterocycles. The highest BCUT2D eigenvalue weighted by atomic mass is 16.4. The SMILES string of the molecule is O=C(O)[C@@H](Cc1ccccc1)NB(O)O. The van der Waals surface area contributed by atoms with Gasteiger partial charge in [0, 0.05) is 0 Å². The zero-order valence-corrected chi connectivity index (χ0v) is 8.00. The van der Waals surface area contributed by atoms with Gasteiger partial charge in [-0.05, 0) is 12.0 Å². The molecule has 0 saturated heterocycles. The van der Waals surface area contributed by atoms with Crippen molar-refractivity contribution in [1.82, 2.24) is 5.23 Å². The molecule has 0 bridgehead atoms. The third kappa shape index (κ3) is 4.12. The van der Waals surface area contributed by atoms with Crippen molar-refractivity contribution in [1.29, 1.82) is 0 Å². The molecule has 0 saturated carbocycles. The maximum atomic E-state index is 10.8. The van der Waals surface area contributed by atoms with E-state index in [0.717, 1.165) is 5.56 Å². The van der Waals surface area contributed by atoms with Crippen LogP contribution >= 0.6 is 0 Å². The highest BCUT2D eigenvalue weighted by molar-refractivity contribution is 6.38. The molecule has 5 nitrogen and oxygen atoms in total. The van der Waals surface area contributed by atoms with Gasteiger partial charge in [0.2, 0.25) is 0 Å². The molecule has 0 radical (unpaired) electrons. The van der Waals surface area contributed by atoms with Crippen molar-refractivity contribution in [2.45, 2.75) is 12.5 Å². The predicted octanol–water partition coefficient (Wildman–Crippen LogP) is -0.759. The fraction of sp³-hybridized carbons (Fsp3) is 0.222. The number of aliphatic carboxylic acids is 1. The number of carboxylic acid groups (broad SMARTS) is 1. The molecule has 0 aliphatic carbocycles. The van der Waals surface area contributed by atoms with Crippen molar-refractivity contribution in [2.24, 2.45) is 0 Å². The molecule has 6 heteroatoms. The van der Waals surface area contributed by atoms with Crippen molar-refractivity contribution in [3.8, 4) is 0 Å². The Hall–Kier alpha value is -1.37. The molecule has 0 fully saturated rings. The first-order valence-corrected chi connectivity index (χ1v) is 4.48. The molecule has 0 amide bonds. The molecule has 0 spiro atoms. The molecule has 15 heavy (non-hydrogen) atoms. The Morgan fingerprint density at radius 3 is 2.40 bits per heavy atom. The zero-order valence-electron chi connectivity index (χ0n) is 8.00. The van der Waals surface area contributed by atoms with Crippen LogP contribution in [0, 0.1) is 0 Å². The summed E-state index contributed by atoms with van der Waals surface area (Å²) >= 11 is 0. The van der Waals surface area contributed by atoms with Crippen LogP contribution in [0.15, 0.2) is 30.3 Å². The number of carbonyl (C=O) groups is 1. The van der Waals surface area contributed by atoms with Gasteiger partial charge in [-0.1, -0.05) is 30.3 Å². The summed E-state index contributed by atoms with van der Waals surface area (Å²) in [7, 11) is -1.82. The van der Waals surface area contributed by atoms with E-state index in [0.29, 0.717) is 0 Å². The molecule has 0 aliphatic heterocycles. The molecular formula is C9H12BNO4. The Morgan fingerprint density at radius 1 is 1.33 bits per heavy atom. The van der Waals surface area contributed by atoms with Gasteiger partial charge in [0.05, 0.1) is 0 Å².